The van der Waals surface area contributed by atoms with Gasteiger partial charge in [-0.3, -0.25) is 0 Å². The number of carbonyl (C=O) groups is 1. The SMILES string of the molecule is CC(C)CNc1ncc(-c2cnc3ccc(N[C@H]4CC[C@H](NC(=O)OC(C)(C)C)CC4)nn23)cn1. The van der Waals surface area contributed by atoms with Crippen molar-refractivity contribution in [1.29, 1.82) is 0 Å². The van der Waals surface area contributed by atoms with Gasteiger partial charge in [0.05, 0.1) is 11.9 Å². The summed E-state index contributed by atoms with van der Waals surface area (Å²) in [4.78, 5) is 25.4. The predicted molar refractivity (Wildman–Crippen MR) is 136 cm³/mol. The molecular formula is C25H36N8O2. The molecule has 1 saturated carbocycles. The molecular weight excluding hydrogens is 444 g/mol. The Morgan fingerprint density at radius 2 is 1.74 bits per heavy atom. The first-order valence-electron chi connectivity index (χ1n) is 12.3. The van der Waals surface area contributed by atoms with Crippen molar-refractivity contribution < 1.29 is 9.53 Å². The Morgan fingerprint density at radius 3 is 2.40 bits per heavy atom. The zero-order chi connectivity index (χ0) is 25.0. The Labute approximate surface area is 206 Å². The van der Waals surface area contributed by atoms with Crippen molar-refractivity contribution in [3.8, 4) is 11.3 Å². The second-order valence-corrected chi connectivity index (χ2v) is 10.5. The molecule has 10 nitrogen and oxygen atoms in total. The number of fused-ring (bicyclic) bond motifs is 1. The van der Waals surface area contributed by atoms with Crippen LogP contribution in [0.5, 0.6) is 0 Å². The third kappa shape index (κ3) is 6.80. The van der Waals surface area contributed by atoms with Gasteiger partial charge in [0.1, 0.15) is 11.4 Å². The number of nitrogens with zero attached hydrogens (tertiary/aromatic N) is 5. The summed E-state index contributed by atoms with van der Waals surface area (Å²) in [6.45, 7) is 10.7. The summed E-state index contributed by atoms with van der Waals surface area (Å²) in [5.41, 5.74) is 1.96. The van der Waals surface area contributed by atoms with Crippen molar-refractivity contribution in [2.75, 3.05) is 17.2 Å². The first-order valence-corrected chi connectivity index (χ1v) is 12.3. The fourth-order valence-corrected chi connectivity index (χ4v) is 4.06. The van der Waals surface area contributed by atoms with E-state index in [9.17, 15) is 4.79 Å². The van der Waals surface area contributed by atoms with Gasteiger partial charge in [-0.2, -0.15) is 0 Å². The standard InChI is InChI=1S/C25H36N8O2/c1-16(2)12-27-23-28-13-17(14-29-23)20-15-26-22-11-10-21(32-33(20)22)30-18-6-8-19(9-7-18)31-24(34)35-25(3,4)5/h10-11,13-16,18-19H,6-9,12H2,1-5H3,(H,30,32)(H,31,34)(H,27,28,29)/t18-,19-. The molecule has 4 rings (SSSR count). The van der Waals surface area contributed by atoms with Gasteiger partial charge in [0, 0.05) is 36.6 Å². The summed E-state index contributed by atoms with van der Waals surface area (Å²) >= 11 is 0. The quantitative estimate of drug-likeness (QED) is 0.452. The summed E-state index contributed by atoms with van der Waals surface area (Å²) in [5, 5.41) is 14.5. The molecule has 0 aliphatic heterocycles. The van der Waals surface area contributed by atoms with Crippen LogP contribution in [0.1, 0.15) is 60.3 Å². The van der Waals surface area contributed by atoms with Crippen LogP contribution in [0.3, 0.4) is 0 Å². The van der Waals surface area contributed by atoms with E-state index in [1.807, 2.05) is 37.4 Å². The van der Waals surface area contributed by atoms with Crippen molar-refractivity contribution in [1.82, 2.24) is 29.9 Å². The second-order valence-electron chi connectivity index (χ2n) is 10.5. The Balaban J connectivity index is 1.37. The monoisotopic (exact) mass is 480 g/mol. The zero-order valence-corrected chi connectivity index (χ0v) is 21.2. The Bertz CT molecular complexity index is 1130. The highest BCUT2D eigenvalue weighted by atomic mass is 16.6. The summed E-state index contributed by atoms with van der Waals surface area (Å²) < 4.78 is 7.19. The minimum absolute atomic E-state index is 0.136. The maximum Gasteiger partial charge on any atom is 0.407 e. The lowest BCUT2D eigenvalue weighted by molar-refractivity contribution is 0.0492. The van der Waals surface area contributed by atoms with Crippen LogP contribution < -0.4 is 16.0 Å². The Kier molecular flexibility index (Phi) is 7.37. The summed E-state index contributed by atoms with van der Waals surface area (Å²) in [6.07, 6.45) is 8.69. The van der Waals surface area contributed by atoms with Crippen molar-refractivity contribution >= 4 is 23.5 Å². The van der Waals surface area contributed by atoms with E-state index < -0.39 is 5.60 Å². The predicted octanol–water partition coefficient (Wildman–Crippen LogP) is 4.50. The minimum Gasteiger partial charge on any atom is -0.444 e. The van der Waals surface area contributed by atoms with E-state index in [4.69, 9.17) is 9.84 Å². The number of rotatable bonds is 7. The molecule has 1 aliphatic rings. The normalized spacial score (nSPS) is 18.5. The molecule has 3 heterocycles. The van der Waals surface area contributed by atoms with Crippen LogP contribution in [0.2, 0.25) is 0 Å². The molecule has 1 amide bonds. The molecule has 3 aromatic rings. The maximum atomic E-state index is 12.0. The number of nitrogens with one attached hydrogen (secondary N) is 3. The second kappa shape index (κ2) is 10.5. The van der Waals surface area contributed by atoms with Crippen LogP contribution in [-0.2, 0) is 4.74 Å². The third-order valence-corrected chi connectivity index (χ3v) is 5.78. The van der Waals surface area contributed by atoms with Gasteiger partial charge in [-0.1, -0.05) is 13.8 Å². The van der Waals surface area contributed by atoms with Gasteiger partial charge in [-0.05, 0) is 64.5 Å². The van der Waals surface area contributed by atoms with Gasteiger partial charge in [-0.15, -0.1) is 5.10 Å². The Hall–Kier alpha value is -3.43. The highest BCUT2D eigenvalue weighted by molar-refractivity contribution is 5.68. The van der Waals surface area contributed by atoms with E-state index in [0.717, 1.165) is 55.0 Å². The van der Waals surface area contributed by atoms with Crippen molar-refractivity contribution in [3.63, 3.8) is 0 Å². The van der Waals surface area contributed by atoms with E-state index in [-0.39, 0.29) is 12.1 Å². The summed E-state index contributed by atoms with van der Waals surface area (Å²) in [7, 11) is 0. The van der Waals surface area contributed by atoms with Crippen molar-refractivity contribution in [2.24, 2.45) is 5.92 Å². The fourth-order valence-electron chi connectivity index (χ4n) is 4.06. The molecule has 0 radical (unpaired) electrons. The number of hydrogen-bond donors (Lipinski definition) is 3. The summed E-state index contributed by atoms with van der Waals surface area (Å²) in [5.74, 6) is 1.92. The van der Waals surface area contributed by atoms with Crippen LogP contribution in [0.25, 0.3) is 16.9 Å². The average molecular weight is 481 g/mol. The molecule has 0 spiro atoms. The number of hydrogen-bond acceptors (Lipinski definition) is 8. The number of imidazole rings is 1. The number of amides is 1. The molecule has 3 aromatic heterocycles. The minimum atomic E-state index is -0.488. The topological polar surface area (TPSA) is 118 Å². The number of alkyl carbamates (subject to hydrolysis) is 1. The van der Waals surface area contributed by atoms with Crippen molar-refractivity contribution in [2.45, 2.75) is 78.0 Å². The van der Waals surface area contributed by atoms with E-state index in [2.05, 4.69) is 44.7 Å². The number of aromatic nitrogens is 5. The highest BCUT2D eigenvalue weighted by Crippen LogP contribution is 2.24. The first-order chi connectivity index (χ1) is 16.7. The van der Waals surface area contributed by atoms with E-state index in [0.29, 0.717) is 17.9 Å². The molecule has 3 N–H and O–H groups in total. The van der Waals surface area contributed by atoms with Crippen LogP contribution in [0, 0.1) is 5.92 Å². The smallest absolute Gasteiger partial charge is 0.407 e. The lowest BCUT2D eigenvalue weighted by atomic mass is 9.91. The molecule has 188 valence electrons. The highest BCUT2D eigenvalue weighted by Gasteiger charge is 2.25. The summed E-state index contributed by atoms with van der Waals surface area (Å²) in [6, 6.07) is 4.33. The molecule has 0 unspecified atom stereocenters. The molecule has 1 fully saturated rings. The van der Waals surface area contributed by atoms with Crippen LogP contribution in [0.4, 0.5) is 16.6 Å². The van der Waals surface area contributed by atoms with E-state index in [1.165, 1.54) is 0 Å². The molecule has 10 heteroatoms. The lowest BCUT2D eigenvalue weighted by Crippen LogP contribution is -2.42. The van der Waals surface area contributed by atoms with Gasteiger partial charge in [0.15, 0.2) is 5.65 Å². The van der Waals surface area contributed by atoms with E-state index in [1.54, 1.807) is 18.6 Å². The van der Waals surface area contributed by atoms with Crippen LogP contribution >= 0.6 is 0 Å². The number of anilines is 2. The van der Waals surface area contributed by atoms with Crippen LogP contribution in [0.15, 0.2) is 30.7 Å². The lowest BCUT2D eigenvalue weighted by Gasteiger charge is -2.30. The van der Waals surface area contributed by atoms with Gasteiger partial charge in [0.25, 0.3) is 0 Å². The average Bonchev–Trinajstić information content (AvgIpc) is 3.21. The van der Waals surface area contributed by atoms with Gasteiger partial charge in [-0.25, -0.2) is 24.3 Å². The largest absolute Gasteiger partial charge is 0.444 e. The molecule has 35 heavy (non-hydrogen) atoms. The van der Waals surface area contributed by atoms with Gasteiger partial charge in [0.2, 0.25) is 5.95 Å². The number of carbonyl (C=O) groups excluding carboxylic acids is 1. The van der Waals surface area contributed by atoms with Gasteiger partial charge >= 0.3 is 6.09 Å². The van der Waals surface area contributed by atoms with Gasteiger partial charge < -0.3 is 20.7 Å². The Morgan fingerprint density at radius 1 is 1.06 bits per heavy atom. The molecule has 1 aliphatic carbocycles. The van der Waals surface area contributed by atoms with Crippen LogP contribution in [-0.4, -0.2) is 54.9 Å². The molecule has 0 saturated heterocycles. The molecule has 0 atom stereocenters. The van der Waals surface area contributed by atoms with Crippen molar-refractivity contribution in [3.05, 3.63) is 30.7 Å². The zero-order valence-electron chi connectivity index (χ0n) is 21.2. The molecule has 0 bridgehead atoms. The number of ether oxygens (including phenoxy) is 1. The fraction of sp³-hybridized carbons (Fsp3) is 0.560. The maximum absolute atomic E-state index is 12.0. The molecule has 0 aromatic carbocycles. The van der Waals surface area contributed by atoms with E-state index >= 15 is 0 Å². The first kappa shape index (κ1) is 24.7. The third-order valence-electron chi connectivity index (χ3n) is 5.78.